The van der Waals surface area contributed by atoms with Crippen molar-refractivity contribution in [1.82, 2.24) is 14.5 Å². The van der Waals surface area contributed by atoms with E-state index in [4.69, 9.17) is 0 Å². The Labute approximate surface area is 141 Å². The average Bonchev–Trinajstić information content (AvgIpc) is 2.58. The van der Waals surface area contributed by atoms with E-state index >= 15 is 0 Å². The number of piperidine rings is 1. The van der Waals surface area contributed by atoms with Crippen molar-refractivity contribution in [2.75, 3.05) is 13.1 Å². The molecule has 1 aliphatic heterocycles. The van der Waals surface area contributed by atoms with Crippen LogP contribution in [-0.2, 0) is 11.3 Å². The number of aromatic nitrogens is 2. The minimum atomic E-state index is -0.180. The number of hydrogen-bond acceptors (Lipinski definition) is 3. The first-order valence-electron chi connectivity index (χ1n) is 8.46. The Morgan fingerprint density at radius 2 is 1.88 bits per heavy atom. The summed E-state index contributed by atoms with van der Waals surface area (Å²) in [5, 5.41) is 0. The summed E-state index contributed by atoms with van der Waals surface area (Å²) in [5.41, 5.74) is 1.33. The van der Waals surface area contributed by atoms with Gasteiger partial charge in [-0.15, -0.1) is 0 Å². The maximum absolute atomic E-state index is 12.6. The second-order valence-electron chi connectivity index (χ2n) is 6.57. The number of benzene rings is 1. The van der Waals surface area contributed by atoms with Crippen molar-refractivity contribution in [3.63, 3.8) is 0 Å². The predicted octanol–water partition coefficient (Wildman–Crippen LogP) is 2.48. The largest absolute Gasteiger partial charge is 0.341 e. The molecule has 0 aliphatic carbocycles. The lowest BCUT2D eigenvalue weighted by molar-refractivity contribution is -0.133. The smallest absolute Gasteiger partial charge is 0.254 e. The molecule has 1 aromatic heterocycles. The summed E-state index contributed by atoms with van der Waals surface area (Å²) in [7, 11) is 0. The zero-order chi connectivity index (χ0) is 17.1. The van der Waals surface area contributed by atoms with E-state index in [1.807, 2.05) is 35.2 Å². The summed E-state index contributed by atoms with van der Waals surface area (Å²) in [5.74, 6) is 1.21. The highest BCUT2D eigenvalue weighted by molar-refractivity contribution is 5.76. The van der Waals surface area contributed by atoms with Gasteiger partial charge in [0.05, 0.1) is 0 Å². The molecule has 0 unspecified atom stereocenters. The molecule has 1 fully saturated rings. The van der Waals surface area contributed by atoms with Crippen LogP contribution in [-0.4, -0.2) is 33.4 Å². The van der Waals surface area contributed by atoms with Gasteiger partial charge in [-0.25, -0.2) is 4.98 Å². The van der Waals surface area contributed by atoms with Crippen molar-refractivity contribution < 1.29 is 4.79 Å². The lowest BCUT2D eigenvalue weighted by Crippen LogP contribution is -2.41. The summed E-state index contributed by atoms with van der Waals surface area (Å²) in [6, 6.07) is 11.0. The van der Waals surface area contributed by atoms with Crippen LogP contribution < -0.4 is 5.56 Å². The Morgan fingerprint density at radius 3 is 2.54 bits per heavy atom. The van der Waals surface area contributed by atoms with Crippen molar-refractivity contribution in [2.24, 2.45) is 5.92 Å². The van der Waals surface area contributed by atoms with E-state index in [9.17, 15) is 9.59 Å². The number of carbonyl (C=O) groups is 1. The molecule has 0 spiro atoms. The molecule has 5 nitrogen and oxygen atoms in total. The Hall–Kier alpha value is -2.43. The van der Waals surface area contributed by atoms with Crippen LogP contribution in [0.4, 0.5) is 0 Å². The predicted molar refractivity (Wildman–Crippen MR) is 93.6 cm³/mol. The fourth-order valence-corrected chi connectivity index (χ4v) is 3.07. The molecule has 1 aliphatic rings. The first-order chi connectivity index (χ1) is 11.5. The van der Waals surface area contributed by atoms with E-state index < -0.39 is 0 Å². The lowest BCUT2D eigenvalue weighted by Gasteiger charge is -2.30. The van der Waals surface area contributed by atoms with Gasteiger partial charge in [-0.05, 0) is 25.7 Å². The van der Waals surface area contributed by atoms with Crippen LogP contribution >= 0.6 is 0 Å². The topological polar surface area (TPSA) is 55.2 Å². The molecule has 126 valence electrons. The van der Waals surface area contributed by atoms with Crippen molar-refractivity contribution in [2.45, 2.75) is 33.2 Å². The van der Waals surface area contributed by atoms with Gasteiger partial charge < -0.3 is 4.90 Å². The number of aryl methyl sites for hydroxylation is 1. The van der Waals surface area contributed by atoms with Gasteiger partial charge in [0.1, 0.15) is 12.4 Å². The van der Waals surface area contributed by atoms with Gasteiger partial charge in [-0.3, -0.25) is 14.2 Å². The van der Waals surface area contributed by atoms with Gasteiger partial charge in [0.15, 0.2) is 0 Å². The Bertz CT molecular complexity index is 775. The maximum Gasteiger partial charge on any atom is 0.254 e. The fourth-order valence-electron chi connectivity index (χ4n) is 3.07. The number of amides is 1. The molecule has 2 aromatic rings. The lowest BCUT2D eigenvalue weighted by atomic mass is 9.99. The van der Waals surface area contributed by atoms with Gasteiger partial charge in [-0.1, -0.05) is 37.3 Å². The summed E-state index contributed by atoms with van der Waals surface area (Å²) in [4.78, 5) is 31.5. The van der Waals surface area contributed by atoms with Crippen LogP contribution in [0.25, 0.3) is 11.4 Å². The molecule has 5 heteroatoms. The third-order valence-corrected chi connectivity index (χ3v) is 4.60. The zero-order valence-electron chi connectivity index (χ0n) is 14.2. The molecule has 2 heterocycles. The summed E-state index contributed by atoms with van der Waals surface area (Å²) in [6.07, 6.45) is 2.05. The standard InChI is InChI=1S/C19H23N3O2/c1-14-8-10-21(11-9-14)18(24)13-22-17(23)12-15(2)20-19(22)16-6-4-3-5-7-16/h3-7,12,14H,8-11,13H2,1-2H3. The van der Waals surface area contributed by atoms with Crippen LogP contribution in [0.1, 0.15) is 25.5 Å². The fraction of sp³-hybridized carbons (Fsp3) is 0.421. The molecule has 0 bridgehead atoms. The van der Waals surface area contributed by atoms with E-state index in [0.29, 0.717) is 17.4 Å². The highest BCUT2D eigenvalue weighted by Crippen LogP contribution is 2.18. The number of carbonyl (C=O) groups excluding carboxylic acids is 1. The minimum absolute atomic E-state index is 0.00756. The van der Waals surface area contributed by atoms with Gasteiger partial charge in [0.2, 0.25) is 5.91 Å². The third-order valence-electron chi connectivity index (χ3n) is 4.60. The second-order valence-corrected chi connectivity index (χ2v) is 6.57. The van der Waals surface area contributed by atoms with E-state index in [0.717, 1.165) is 31.5 Å². The molecular formula is C19H23N3O2. The monoisotopic (exact) mass is 325 g/mol. The zero-order valence-corrected chi connectivity index (χ0v) is 14.2. The molecule has 0 radical (unpaired) electrons. The van der Waals surface area contributed by atoms with Crippen LogP contribution in [0.15, 0.2) is 41.2 Å². The molecule has 0 saturated carbocycles. The van der Waals surface area contributed by atoms with E-state index in [2.05, 4.69) is 11.9 Å². The SMILES string of the molecule is Cc1cc(=O)n(CC(=O)N2CCC(C)CC2)c(-c2ccccc2)n1. The molecule has 0 atom stereocenters. The number of likely N-dealkylation sites (tertiary alicyclic amines) is 1. The highest BCUT2D eigenvalue weighted by atomic mass is 16.2. The maximum atomic E-state index is 12.6. The summed E-state index contributed by atoms with van der Waals surface area (Å²) in [6.45, 7) is 5.60. The number of rotatable bonds is 3. The Morgan fingerprint density at radius 1 is 1.21 bits per heavy atom. The van der Waals surface area contributed by atoms with E-state index in [1.54, 1.807) is 6.92 Å². The highest BCUT2D eigenvalue weighted by Gasteiger charge is 2.22. The normalized spacial score (nSPS) is 15.5. The van der Waals surface area contributed by atoms with Gasteiger partial charge in [0, 0.05) is 30.4 Å². The summed E-state index contributed by atoms with van der Waals surface area (Å²) >= 11 is 0. The Kier molecular flexibility index (Phi) is 4.79. The minimum Gasteiger partial charge on any atom is -0.341 e. The third kappa shape index (κ3) is 3.55. The van der Waals surface area contributed by atoms with Crippen molar-refractivity contribution >= 4 is 5.91 Å². The van der Waals surface area contributed by atoms with Gasteiger partial charge in [-0.2, -0.15) is 0 Å². The molecule has 0 N–H and O–H groups in total. The molecule has 1 amide bonds. The van der Waals surface area contributed by atoms with Gasteiger partial charge in [0.25, 0.3) is 5.56 Å². The van der Waals surface area contributed by atoms with Crippen LogP contribution in [0.5, 0.6) is 0 Å². The van der Waals surface area contributed by atoms with Crippen molar-refractivity contribution in [3.05, 3.63) is 52.4 Å². The number of nitrogens with zero attached hydrogens (tertiary/aromatic N) is 3. The van der Waals surface area contributed by atoms with Gasteiger partial charge >= 0.3 is 0 Å². The molecule has 3 rings (SSSR count). The van der Waals surface area contributed by atoms with Crippen LogP contribution in [0.3, 0.4) is 0 Å². The molecule has 24 heavy (non-hydrogen) atoms. The average molecular weight is 325 g/mol. The van der Waals surface area contributed by atoms with Crippen LogP contribution in [0, 0.1) is 12.8 Å². The van der Waals surface area contributed by atoms with E-state index in [1.165, 1.54) is 10.6 Å². The quantitative estimate of drug-likeness (QED) is 0.871. The first kappa shape index (κ1) is 16.4. The van der Waals surface area contributed by atoms with Crippen molar-refractivity contribution in [1.29, 1.82) is 0 Å². The van der Waals surface area contributed by atoms with Crippen molar-refractivity contribution in [3.8, 4) is 11.4 Å². The van der Waals surface area contributed by atoms with Crippen LogP contribution in [0.2, 0.25) is 0 Å². The number of hydrogen-bond donors (Lipinski definition) is 0. The molecular weight excluding hydrogens is 302 g/mol. The second kappa shape index (κ2) is 6.99. The molecule has 1 aromatic carbocycles. The first-order valence-corrected chi connectivity index (χ1v) is 8.46. The molecule has 1 saturated heterocycles. The Balaban J connectivity index is 1.90. The summed E-state index contributed by atoms with van der Waals surface area (Å²) < 4.78 is 1.49. The van der Waals surface area contributed by atoms with E-state index in [-0.39, 0.29) is 18.0 Å².